The van der Waals surface area contributed by atoms with Crippen LogP contribution in [0.2, 0.25) is 0 Å². The summed E-state index contributed by atoms with van der Waals surface area (Å²) in [6.45, 7) is -1.12. The molecular formula is C13H14F3N3O2. The number of hydrogen-bond donors (Lipinski definition) is 2. The summed E-state index contributed by atoms with van der Waals surface area (Å²) in [4.78, 5) is 13.2. The number of oxime groups is 1. The van der Waals surface area contributed by atoms with E-state index in [0.29, 0.717) is 29.9 Å². The van der Waals surface area contributed by atoms with Gasteiger partial charge in [-0.25, -0.2) is 0 Å². The van der Waals surface area contributed by atoms with Crippen molar-refractivity contribution in [2.45, 2.75) is 12.6 Å². The molecule has 0 fully saturated rings. The zero-order valence-electron chi connectivity index (χ0n) is 11.0. The third-order valence-corrected chi connectivity index (χ3v) is 3.12. The molecule has 114 valence electrons. The van der Waals surface area contributed by atoms with Crippen LogP contribution in [0.4, 0.5) is 18.9 Å². The van der Waals surface area contributed by atoms with Gasteiger partial charge in [-0.3, -0.25) is 4.79 Å². The summed E-state index contributed by atoms with van der Waals surface area (Å²) in [6, 6.07) is 6.98. The van der Waals surface area contributed by atoms with Crippen LogP contribution in [0.3, 0.4) is 0 Å². The van der Waals surface area contributed by atoms with Gasteiger partial charge in [0, 0.05) is 24.2 Å². The molecule has 0 aliphatic carbocycles. The van der Waals surface area contributed by atoms with Crippen molar-refractivity contribution in [1.82, 2.24) is 5.32 Å². The number of rotatable bonds is 3. The SMILES string of the molecule is O=C(CN1CCC(=NO)c2ccccc21)NCC(F)(F)F. The Kier molecular flexibility index (Phi) is 4.35. The maximum absolute atomic E-state index is 12.1. The molecule has 2 N–H and O–H groups in total. The highest BCUT2D eigenvalue weighted by Gasteiger charge is 2.29. The van der Waals surface area contributed by atoms with Crippen LogP contribution in [0, 0.1) is 0 Å². The van der Waals surface area contributed by atoms with Crippen molar-refractivity contribution in [3.63, 3.8) is 0 Å². The first-order valence-electron chi connectivity index (χ1n) is 6.29. The lowest BCUT2D eigenvalue weighted by Crippen LogP contribution is -2.43. The monoisotopic (exact) mass is 301 g/mol. The van der Waals surface area contributed by atoms with Crippen molar-refractivity contribution in [3.05, 3.63) is 29.8 Å². The van der Waals surface area contributed by atoms with Crippen LogP contribution in [-0.4, -0.2) is 42.6 Å². The fraction of sp³-hybridized carbons (Fsp3) is 0.385. The van der Waals surface area contributed by atoms with E-state index in [1.165, 1.54) is 0 Å². The average molecular weight is 301 g/mol. The van der Waals surface area contributed by atoms with Gasteiger partial charge in [0.1, 0.15) is 6.54 Å². The van der Waals surface area contributed by atoms with Crippen LogP contribution in [0.15, 0.2) is 29.4 Å². The largest absolute Gasteiger partial charge is 0.411 e. The third kappa shape index (κ3) is 3.87. The summed E-state index contributed by atoms with van der Waals surface area (Å²) in [6.07, 6.45) is -4.01. The number of alkyl halides is 3. The Balaban J connectivity index is 2.07. The predicted octanol–water partition coefficient (Wildman–Crippen LogP) is 1.75. The number of benzene rings is 1. The van der Waals surface area contributed by atoms with Crippen LogP contribution < -0.4 is 10.2 Å². The molecule has 0 spiro atoms. The standard InChI is InChI=1S/C13H14F3N3O2/c14-13(15,16)8-17-12(20)7-19-6-5-10(18-21)9-3-1-2-4-11(9)19/h1-4,21H,5-8H2,(H,17,20). The van der Waals surface area contributed by atoms with Crippen molar-refractivity contribution in [3.8, 4) is 0 Å². The zero-order valence-corrected chi connectivity index (χ0v) is 11.0. The van der Waals surface area contributed by atoms with Gasteiger partial charge in [-0.05, 0) is 6.07 Å². The van der Waals surface area contributed by atoms with Crippen LogP contribution in [0.25, 0.3) is 0 Å². The molecule has 0 radical (unpaired) electrons. The minimum absolute atomic E-state index is 0.175. The zero-order chi connectivity index (χ0) is 15.5. The highest BCUT2D eigenvalue weighted by Crippen LogP contribution is 2.26. The lowest BCUT2D eigenvalue weighted by molar-refractivity contribution is -0.137. The Morgan fingerprint density at radius 2 is 2.10 bits per heavy atom. The van der Waals surface area contributed by atoms with Gasteiger partial charge >= 0.3 is 6.18 Å². The van der Waals surface area contributed by atoms with Gasteiger partial charge < -0.3 is 15.4 Å². The van der Waals surface area contributed by atoms with Crippen molar-refractivity contribution in [1.29, 1.82) is 0 Å². The molecule has 0 saturated carbocycles. The number of carbonyl (C=O) groups is 1. The fourth-order valence-corrected chi connectivity index (χ4v) is 2.19. The quantitative estimate of drug-likeness (QED) is 0.660. The lowest BCUT2D eigenvalue weighted by Gasteiger charge is -2.31. The normalized spacial score (nSPS) is 16.7. The van der Waals surface area contributed by atoms with E-state index in [2.05, 4.69) is 5.16 Å². The molecule has 8 heteroatoms. The Morgan fingerprint density at radius 1 is 1.38 bits per heavy atom. The molecule has 1 aromatic carbocycles. The predicted molar refractivity (Wildman–Crippen MR) is 70.7 cm³/mol. The molecule has 5 nitrogen and oxygen atoms in total. The van der Waals surface area contributed by atoms with E-state index in [9.17, 15) is 18.0 Å². The number of nitrogens with one attached hydrogen (secondary N) is 1. The van der Waals surface area contributed by atoms with E-state index >= 15 is 0 Å². The first-order valence-corrected chi connectivity index (χ1v) is 6.29. The minimum atomic E-state index is -4.42. The number of carbonyl (C=O) groups excluding carboxylic acids is 1. The number of para-hydroxylation sites is 1. The van der Waals surface area contributed by atoms with Gasteiger partial charge in [0.2, 0.25) is 5.91 Å². The van der Waals surface area contributed by atoms with Crippen LogP contribution in [0.1, 0.15) is 12.0 Å². The second-order valence-corrected chi connectivity index (χ2v) is 4.63. The molecular weight excluding hydrogens is 287 g/mol. The molecule has 1 aromatic rings. The number of amides is 1. The maximum atomic E-state index is 12.1. The van der Waals surface area contributed by atoms with Crippen LogP contribution in [0.5, 0.6) is 0 Å². The molecule has 0 unspecified atom stereocenters. The molecule has 2 rings (SSSR count). The van der Waals surface area contributed by atoms with E-state index in [4.69, 9.17) is 5.21 Å². The first-order chi connectivity index (χ1) is 9.90. The second-order valence-electron chi connectivity index (χ2n) is 4.63. The van der Waals surface area contributed by atoms with Gasteiger partial charge in [0.25, 0.3) is 0 Å². The van der Waals surface area contributed by atoms with Crippen LogP contribution in [-0.2, 0) is 4.79 Å². The highest BCUT2D eigenvalue weighted by molar-refractivity contribution is 6.07. The number of anilines is 1. The number of halogens is 3. The molecule has 1 aliphatic rings. The van der Waals surface area contributed by atoms with Crippen molar-refractivity contribution >= 4 is 17.3 Å². The average Bonchev–Trinajstić information content (AvgIpc) is 2.45. The summed E-state index contributed by atoms with van der Waals surface area (Å²) in [5, 5.41) is 14.0. The van der Waals surface area contributed by atoms with Gasteiger partial charge in [0.15, 0.2) is 0 Å². The first kappa shape index (κ1) is 15.1. The van der Waals surface area contributed by atoms with Gasteiger partial charge in [-0.15, -0.1) is 0 Å². The number of nitrogens with zero attached hydrogens (tertiary/aromatic N) is 2. The molecule has 0 aromatic heterocycles. The smallest absolute Gasteiger partial charge is 0.405 e. The summed E-state index contributed by atoms with van der Waals surface area (Å²) in [7, 11) is 0. The molecule has 0 bridgehead atoms. The number of hydrogen-bond acceptors (Lipinski definition) is 4. The topological polar surface area (TPSA) is 64.9 Å². The summed E-state index contributed by atoms with van der Waals surface area (Å²) >= 11 is 0. The highest BCUT2D eigenvalue weighted by atomic mass is 19.4. The summed E-state index contributed by atoms with van der Waals surface area (Å²) in [5.41, 5.74) is 1.84. The van der Waals surface area contributed by atoms with Gasteiger partial charge in [0.05, 0.1) is 12.3 Å². The Labute approximate surface area is 119 Å². The molecule has 21 heavy (non-hydrogen) atoms. The molecule has 1 amide bonds. The third-order valence-electron chi connectivity index (χ3n) is 3.12. The Morgan fingerprint density at radius 3 is 2.76 bits per heavy atom. The molecule has 0 saturated heterocycles. The van der Waals surface area contributed by atoms with Crippen molar-refractivity contribution in [2.75, 3.05) is 24.5 Å². The summed E-state index contributed by atoms with van der Waals surface area (Å²) < 4.78 is 36.2. The second kappa shape index (κ2) is 6.02. The van der Waals surface area contributed by atoms with Gasteiger partial charge in [-0.1, -0.05) is 23.4 Å². The number of fused-ring (bicyclic) bond motifs is 1. The van der Waals surface area contributed by atoms with Crippen molar-refractivity contribution < 1.29 is 23.2 Å². The van der Waals surface area contributed by atoms with E-state index in [1.54, 1.807) is 29.2 Å². The van der Waals surface area contributed by atoms with Crippen molar-refractivity contribution in [2.24, 2.45) is 5.16 Å². The van der Waals surface area contributed by atoms with Crippen LogP contribution >= 0.6 is 0 Å². The van der Waals surface area contributed by atoms with E-state index in [0.717, 1.165) is 0 Å². The summed E-state index contributed by atoms with van der Waals surface area (Å²) in [5.74, 6) is -0.702. The van der Waals surface area contributed by atoms with E-state index in [1.807, 2.05) is 5.32 Å². The molecule has 1 aliphatic heterocycles. The Bertz CT molecular complexity index is 558. The lowest BCUT2D eigenvalue weighted by atomic mass is 9.99. The van der Waals surface area contributed by atoms with E-state index in [-0.39, 0.29) is 6.54 Å². The fourth-order valence-electron chi connectivity index (χ4n) is 2.19. The Hall–Kier alpha value is -2.25. The molecule has 1 heterocycles. The van der Waals surface area contributed by atoms with E-state index < -0.39 is 18.6 Å². The van der Waals surface area contributed by atoms with Gasteiger partial charge in [-0.2, -0.15) is 13.2 Å². The maximum Gasteiger partial charge on any atom is 0.405 e. The molecule has 0 atom stereocenters. The minimum Gasteiger partial charge on any atom is -0.411 e.